The highest BCUT2D eigenvalue weighted by atomic mass is 32.1. The van der Waals surface area contributed by atoms with Crippen LogP contribution in [0.1, 0.15) is 22.3 Å². The van der Waals surface area contributed by atoms with Crippen LogP contribution in [0, 0.1) is 0 Å². The van der Waals surface area contributed by atoms with Crippen LogP contribution in [-0.2, 0) is 5.41 Å². The summed E-state index contributed by atoms with van der Waals surface area (Å²) in [5.74, 6) is 0. The first-order chi connectivity index (χ1) is 33.7. The molecule has 0 unspecified atom stereocenters. The van der Waals surface area contributed by atoms with Crippen LogP contribution in [0.15, 0.2) is 253 Å². The van der Waals surface area contributed by atoms with Crippen LogP contribution in [0.2, 0.25) is 0 Å². The fraction of sp³-hybridized carbons (Fsp3) is 0.0154. The van der Waals surface area contributed by atoms with Crippen LogP contribution in [0.5, 0.6) is 0 Å². The number of fused-ring (bicyclic) bond motifs is 11. The molecule has 0 fully saturated rings. The van der Waals surface area contributed by atoms with E-state index in [0.717, 1.165) is 55.5 Å². The van der Waals surface area contributed by atoms with Gasteiger partial charge in [0.1, 0.15) is 11.2 Å². The molecule has 11 aromatic carbocycles. The first-order valence-corrected chi connectivity index (χ1v) is 24.1. The number of hydrogen-bond donors (Lipinski definition) is 0. The van der Waals surface area contributed by atoms with Gasteiger partial charge in [-0.15, -0.1) is 11.3 Å². The van der Waals surface area contributed by atoms with E-state index in [9.17, 15) is 0 Å². The van der Waals surface area contributed by atoms with E-state index in [1.165, 1.54) is 70.1 Å². The Balaban J connectivity index is 0.955. The summed E-state index contributed by atoms with van der Waals surface area (Å²) >= 11 is 1.86. The van der Waals surface area contributed by atoms with Gasteiger partial charge in [0.15, 0.2) is 0 Å². The highest BCUT2D eigenvalue weighted by molar-refractivity contribution is 7.25. The molecular formula is C65H41NOS. The molecule has 318 valence electrons. The molecule has 3 heteroatoms. The molecule has 68 heavy (non-hydrogen) atoms. The minimum atomic E-state index is -0.525. The van der Waals surface area contributed by atoms with Crippen molar-refractivity contribution in [2.75, 3.05) is 4.90 Å². The molecule has 14 rings (SSSR count). The van der Waals surface area contributed by atoms with Crippen LogP contribution in [0.4, 0.5) is 17.1 Å². The molecule has 0 saturated carbocycles. The molecule has 0 saturated heterocycles. The first-order valence-electron chi connectivity index (χ1n) is 23.3. The molecule has 2 nitrogen and oxygen atoms in total. The Bertz CT molecular complexity index is 4030. The van der Waals surface area contributed by atoms with Crippen molar-refractivity contribution >= 4 is 81.3 Å². The van der Waals surface area contributed by atoms with Gasteiger partial charge in [-0.2, -0.15) is 0 Å². The third-order valence-electron chi connectivity index (χ3n) is 14.4. The van der Waals surface area contributed by atoms with Crippen LogP contribution >= 0.6 is 11.3 Å². The van der Waals surface area contributed by atoms with Crippen molar-refractivity contribution in [1.82, 2.24) is 0 Å². The zero-order valence-corrected chi connectivity index (χ0v) is 37.8. The van der Waals surface area contributed by atoms with E-state index in [2.05, 4.69) is 254 Å². The summed E-state index contributed by atoms with van der Waals surface area (Å²) in [6.45, 7) is 0. The molecule has 2 heterocycles. The van der Waals surface area contributed by atoms with Gasteiger partial charge in [-0.05, 0) is 122 Å². The molecule has 0 N–H and O–H groups in total. The van der Waals surface area contributed by atoms with Crippen molar-refractivity contribution in [3.8, 4) is 33.4 Å². The van der Waals surface area contributed by atoms with Crippen LogP contribution in [0.3, 0.4) is 0 Å². The number of rotatable bonds is 7. The summed E-state index contributed by atoms with van der Waals surface area (Å²) in [6, 6.07) is 91.3. The number of hydrogen-bond acceptors (Lipinski definition) is 3. The van der Waals surface area contributed by atoms with Crippen molar-refractivity contribution in [3.05, 3.63) is 271 Å². The van der Waals surface area contributed by atoms with E-state index in [0.29, 0.717) is 0 Å². The Morgan fingerprint density at radius 1 is 0.353 bits per heavy atom. The normalized spacial score (nSPS) is 12.8. The third-order valence-corrected chi connectivity index (χ3v) is 15.5. The Morgan fingerprint density at radius 2 is 0.912 bits per heavy atom. The van der Waals surface area contributed by atoms with Crippen LogP contribution in [0.25, 0.3) is 86.3 Å². The first kappa shape index (κ1) is 38.7. The molecule has 1 aliphatic rings. The summed E-state index contributed by atoms with van der Waals surface area (Å²) in [4.78, 5) is 2.43. The van der Waals surface area contributed by atoms with Gasteiger partial charge in [-0.25, -0.2) is 0 Å². The maximum atomic E-state index is 6.62. The average Bonchev–Trinajstić information content (AvgIpc) is 4.09. The predicted octanol–water partition coefficient (Wildman–Crippen LogP) is 18.3. The molecule has 0 atom stereocenters. The molecule has 2 aromatic heterocycles. The van der Waals surface area contributed by atoms with E-state index >= 15 is 0 Å². The molecule has 0 radical (unpaired) electrons. The second-order valence-electron chi connectivity index (χ2n) is 17.9. The Morgan fingerprint density at radius 3 is 1.65 bits per heavy atom. The van der Waals surface area contributed by atoms with E-state index in [1.807, 2.05) is 11.3 Å². The number of furan rings is 1. The Kier molecular flexibility index (Phi) is 8.71. The number of benzene rings is 11. The van der Waals surface area contributed by atoms with E-state index in [1.54, 1.807) is 0 Å². The standard InChI is InChI=1S/C65H41NOS/c1-3-16-45(17-4-1)65(46-18-5-2-6-19-46)57-25-11-9-21-53(57)54-40-38-49(41-58(54)65)66(48-36-31-44(32-37-48)51-24-14-28-61-63(51)55-22-10-12-27-60(55)68-61)47-34-29-43(30-35-47)50-23-13-26-59-62(50)56-39-33-42-15-7-8-20-52(42)64(56)67-59/h1-41H. The van der Waals surface area contributed by atoms with Crippen molar-refractivity contribution in [2.24, 2.45) is 0 Å². The second-order valence-corrected chi connectivity index (χ2v) is 19.0. The highest BCUT2D eigenvalue weighted by Crippen LogP contribution is 2.57. The Labute approximate surface area is 398 Å². The van der Waals surface area contributed by atoms with Gasteiger partial charge in [0.25, 0.3) is 0 Å². The number of anilines is 3. The highest BCUT2D eigenvalue weighted by Gasteiger charge is 2.46. The summed E-state index contributed by atoms with van der Waals surface area (Å²) in [6.07, 6.45) is 0. The molecule has 13 aromatic rings. The van der Waals surface area contributed by atoms with Gasteiger partial charge in [0.2, 0.25) is 0 Å². The molecule has 0 spiro atoms. The lowest BCUT2D eigenvalue weighted by Crippen LogP contribution is -2.28. The lowest BCUT2D eigenvalue weighted by Gasteiger charge is -2.35. The number of thiophene rings is 1. The average molecular weight is 884 g/mol. The molecule has 0 amide bonds. The van der Waals surface area contributed by atoms with Gasteiger partial charge in [0, 0.05) is 53.4 Å². The summed E-state index contributed by atoms with van der Waals surface area (Å²) in [5.41, 5.74) is 16.9. The molecule has 0 aliphatic heterocycles. The molecule has 0 bridgehead atoms. The summed E-state index contributed by atoms with van der Waals surface area (Å²) in [7, 11) is 0. The van der Waals surface area contributed by atoms with Gasteiger partial charge in [-0.1, -0.05) is 188 Å². The second kappa shape index (κ2) is 15.3. The monoisotopic (exact) mass is 883 g/mol. The van der Waals surface area contributed by atoms with Gasteiger partial charge < -0.3 is 9.32 Å². The van der Waals surface area contributed by atoms with Crippen molar-refractivity contribution < 1.29 is 4.42 Å². The van der Waals surface area contributed by atoms with E-state index in [-0.39, 0.29) is 0 Å². The molecular weight excluding hydrogens is 843 g/mol. The van der Waals surface area contributed by atoms with Crippen molar-refractivity contribution in [2.45, 2.75) is 5.41 Å². The summed E-state index contributed by atoms with van der Waals surface area (Å²) < 4.78 is 9.24. The van der Waals surface area contributed by atoms with E-state index < -0.39 is 5.41 Å². The topological polar surface area (TPSA) is 16.4 Å². The third kappa shape index (κ3) is 5.76. The van der Waals surface area contributed by atoms with Crippen LogP contribution < -0.4 is 4.90 Å². The minimum absolute atomic E-state index is 0.525. The van der Waals surface area contributed by atoms with Crippen molar-refractivity contribution in [3.63, 3.8) is 0 Å². The predicted molar refractivity (Wildman–Crippen MR) is 287 cm³/mol. The van der Waals surface area contributed by atoms with Gasteiger partial charge >= 0.3 is 0 Å². The minimum Gasteiger partial charge on any atom is -0.455 e. The smallest absolute Gasteiger partial charge is 0.143 e. The largest absolute Gasteiger partial charge is 0.455 e. The quantitative estimate of drug-likeness (QED) is 0.159. The zero-order valence-electron chi connectivity index (χ0n) is 36.9. The zero-order chi connectivity index (χ0) is 44.8. The fourth-order valence-electron chi connectivity index (χ4n) is 11.4. The maximum absolute atomic E-state index is 6.62. The lowest BCUT2D eigenvalue weighted by atomic mass is 9.67. The van der Waals surface area contributed by atoms with Gasteiger partial charge in [-0.3, -0.25) is 0 Å². The van der Waals surface area contributed by atoms with E-state index in [4.69, 9.17) is 4.42 Å². The summed E-state index contributed by atoms with van der Waals surface area (Å²) in [5, 5.41) is 7.20. The fourth-order valence-corrected chi connectivity index (χ4v) is 12.5. The maximum Gasteiger partial charge on any atom is 0.143 e. The lowest BCUT2D eigenvalue weighted by molar-refractivity contribution is 0.673. The Hall–Kier alpha value is -8.50. The van der Waals surface area contributed by atoms with Crippen LogP contribution in [-0.4, -0.2) is 0 Å². The SMILES string of the molecule is c1ccc(C2(c3ccccc3)c3ccccc3-c3ccc(N(c4ccc(-c5cccc6oc7c8ccccc8ccc7c56)cc4)c4ccc(-c5cccc6sc7ccccc7c56)cc4)cc32)cc1. The van der Waals surface area contributed by atoms with Crippen molar-refractivity contribution in [1.29, 1.82) is 0 Å². The number of nitrogens with zero attached hydrogens (tertiary/aromatic N) is 1. The van der Waals surface area contributed by atoms with Gasteiger partial charge in [0.05, 0.1) is 5.41 Å². The molecule has 1 aliphatic carbocycles.